The third-order valence-corrected chi connectivity index (χ3v) is 3.27. The van der Waals surface area contributed by atoms with E-state index in [1.807, 2.05) is 55.5 Å². The van der Waals surface area contributed by atoms with Crippen LogP contribution in [0.4, 0.5) is 5.69 Å². The number of rotatable bonds is 7. The Balaban J connectivity index is 1.96. The molecule has 1 amide bonds. The summed E-state index contributed by atoms with van der Waals surface area (Å²) in [6.45, 7) is 2.57. The molecule has 2 aromatic carbocycles. The smallest absolute Gasteiger partial charge is 0.224 e. The maximum absolute atomic E-state index is 12.1. The van der Waals surface area contributed by atoms with Gasteiger partial charge < -0.3 is 14.8 Å². The lowest BCUT2D eigenvalue weighted by atomic mass is 10.1. The first kappa shape index (κ1) is 15.9. The van der Waals surface area contributed by atoms with Crippen LogP contribution >= 0.6 is 0 Å². The van der Waals surface area contributed by atoms with Gasteiger partial charge in [0.1, 0.15) is 11.5 Å². The maximum Gasteiger partial charge on any atom is 0.224 e. The highest BCUT2D eigenvalue weighted by Gasteiger charge is 2.09. The molecule has 0 aromatic heterocycles. The molecule has 22 heavy (non-hydrogen) atoms. The van der Waals surface area contributed by atoms with Crippen LogP contribution < -0.4 is 14.8 Å². The van der Waals surface area contributed by atoms with Crippen molar-refractivity contribution in [2.75, 3.05) is 19.0 Å². The Morgan fingerprint density at radius 1 is 1.05 bits per heavy atom. The van der Waals surface area contributed by atoms with E-state index in [0.29, 0.717) is 30.9 Å². The predicted molar refractivity (Wildman–Crippen MR) is 87.6 cm³/mol. The number of ether oxygens (including phenoxy) is 2. The molecule has 0 aliphatic heterocycles. The number of methoxy groups -OCH3 is 1. The van der Waals surface area contributed by atoms with Crippen molar-refractivity contribution in [2.45, 2.75) is 19.8 Å². The van der Waals surface area contributed by atoms with Crippen molar-refractivity contribution in [2.24, 2.45) is 0 Å². The van der Waals surface area contributed by atoms with Gasteiger partial charge in [0.2, 0.25) is 5.91 Å². The first-order chi connectivity index (χ1) is 10.7. The van der Waals surface area contributed by atoms with Crippen LogP contribution in [0.5, 0.6) is 11.5 Å². The quantitative estimate of drug-likeness (QED) is 0.848. The molecule has 0 aliphatic carbocycles. The Bertz CT molecular complexity index is 625. The Kier molecular flexibility index (Phi) is 5.83. The summed E-state index contributed by atoms with van der Waals surface area (Å²) >= 11 is 0. The maximum atomic E-state index is 12.1. The first-order valence-corrected chi connectivity index (χ1v) is 7.38. The highest BCUT2D eigenvalue weighted by Crippen LogP contribution is 2.24. The van der Waals surface area contributed by atoms with Crippen LogP contribution in [0.25, 0.3) is 0 Å². The number of hydrogen-bond acceptors (Lipinski definition) is 3. The standard InChI is InChI=1S/C18H21NO3/c1-3-22-16-10-6-4-8-14(16)12-13-18(20)19-15-9-5-7-11-17(15)21-2/h4-11H,3,12-13H2,1-2H3,(H,19,20). The van der Waals surface area contributed by atoms with Crippen molar-refractivity contribution in [3.05, 3.63) is 54.1 Å². The largest absolute Gasteiger partial charge is 0.495 e. The fourth-order valence-corrected chi connectivity index (χ4v) is 2.22. The summed E-state index contributed by atoms with van der Waals surface area (Å²) < 4.78 is 10.8. The summed E-state index contributed by atoms with van der Waals surface area (Å²) in [5.74, 6) is 1.46. The fraction of sp³-hybridized carbons (Fsp3) is 0.278. The second-order valence-electron chi connectivity index (χ2n) is 4.79. The highest BCUT2D eigenvalue weighted by atomic mass is 16.5. The van der Waals surface area contributed by atoms with Gasteiger partial charge >= 0.3 is 0 Å². The summed E-state index contributed by atoms with van der Waals surface area (Å²) in [5.41, 5.74) is 1.73. The Morgan fingerprint density at radius 2 is 1.73 bits per heavy atom. The van der Waals surface area contributed by atoms with Crippen molar-refractivity contribution in [3.8, 4) is 11.5 Å². The number of nitrogens with one attached hydrogen (secondary N) is 1. The van der Waals surface area contributed by atoms with E-state index in [0.717, 1.165) is 11.3 Å². The minimum Gasteiger partial charge on any atom is -0.495 e. The van der Waals surface area contributed by atoms with E-state index >= 15 is 0 Å². The SMILES string of the molecule is CCOc1ccccc1CCC(=O)Nc1ccccc1OC. The van der Waals surface area contributed by atoms with Gasteiger partial charge in [0.25, 0.3) is 0 Å². The summed E-state index contributed by atoms with van der Waals surface area (Å²) in [7, 11) is 1.59. The average molecular weight is 299 g/mol. The second kappa shape index (κ2) is 8.08. The summed E-state index contributed by atoms with van der Waals surface area (Å²) in [4.78, 5) is 12.1. The van der Waals surface area contributed by atoms with Crippen LogP contribution in [-0.4, -0.2) is 19.6 Å². The Hall–Kier alpha value is -2.49. The van der Waals surface area contributed by atoms with Gasteiger partial charge in [0.05, 0.1) is 19.4 Å². The van der Waals surface area contributed by atoms with Crippen molar-refractivity contribution in [3.63, 3.8) is 0 Å². The number of hydrogen-bond donors (Lipinski definition) is 1. The van der Waals surface area contributed by atoms with Gasteiger partial charge in [-0.15, -0.1) is 0 Å². The van der Waals surface area contributed by atoms with Crippen molar-refractivity contribution in [1.82, 2.24) is 0 Å². The van der Waals surface area contributed by atoms with E-state index in [-0.39, 0.29) is 5.91 Å². The lowest BCUT2D eigenvalue weighted by molar-refractivity contribution is -0.116. The minimum absolute atomic E-state index is 0.0456. The third-order valence-electron chi connectivity index (χ3n) is 3.27. The van der Waals surface area contributed by atoms with Crippen LogP contribution in [0.15, 0.2) is 48.5 Å². The second-order valence-corrected chi connectivity index (χ2v) is 4.79. The molecule has 0 unspecified atom stereocenters. The number of carbonyl (C=O) groups is 1. The van der Waals surface area contributed by atoms with Gasteiger partial charge in [-0.2, -0.15) is 0 Å². The van der Waals surface area contributed by atoms with Gasteiger partial charge in [-0.1, -0.05) is 30.3 Å². The van der Waals surface area contributed by atoms with Gasteiger partial charge in [0, 0.05) is 6.42 Å². The third kappa shape index (κ3) is 4.25. The summed E-state index contributed by atoms with van der Waals surface area (Å²) in [6.07, 6.45) is 1.03. The molecule has 0 bridgehead atoms. The first-order valence-electron chi connectivity index (χ1n) is 7.38. The summed E-state index contributed by atoms with van der Waals surface area (Å²) in [6, 6.07) is 15.2. The molecule has 0 saturated carbocycles. The number of para-hydroxylation sites is 3. The van der Waals surface area contributed by atoms with E-state index in [4.69, 9.17) is 9.47 Å². The van der Waals surface area contributed by atoms with E-state index in [9.17, 15) is 4.79 Å². The molecular formula is C18H21NO3. The number of benzene rings is 2. The lowest BCUT2D eigenvalue weighted by Crippen LogP contribution is -2.13. The zero-order chi connectivity index (χ0) is 15.8. The molecule has 0 radical (unpaired) electrons. The Labute approximate surface area is 131 Å². The molecule has 0 aliphatic rings. The van der Waals surface area contributed by atoms with Crippen molar-refractivity contribution >= 4 is 11.6 Å². The van der Waals surface area contributed by atoms with Gasteiger partial charge in [-0.05, 0) is 37.1 Å². The zero-order valence-electron chi connectivity index (χ0n) is 13.0. The number of anilines is 1. The Morgan fingerprint density at radius 3 is 2.45 bits per heavy atom. The molecule has 0 saturated heterocycles. The molecule has 116 valence electrons. The van der Waals surface area contributed by atoms with Crippen molar-refractivity contribution < 1.29 is 14.3 Å². The molecule has 0 spiro atoms. The van der Waals surface area contributed by atoms with Crippen LogP contribution in [0.2, 0.25) is 0 Å². The van der Waals surface area contributed by atoms with Crippen LogP contribution in [0, 0.1) is 0 Å². The molecule has 0 atom stereocenters. The molecule has 0 fully saturated rings. The van der Waals surface area contributed by atoms with E-state index < -0.39 is 0 Å². The van der Waals surface area contributed by atoms with Crippen molar-refractivity contribution in [1.29, 1.82) is 0 Å². The number of aryl methyl sites for hydroxylation is 1. The lowest BCUT2D eigenvalue weighted by Gasteiger charge is -2.11. The van der Waals surface area contributed by atoms with Gasteiger partial charge in [-0.25, -0.2) is 0 Å². The zero-order valence-corrected chi connectivity index (χ0v) is 13.0. The predicted octanol–water partition coefficient (Wildman–Crippen LogP) is 3.67. The van der Waals surface area contributed by atoms with Crippen LogP contribution in [-0.2, 0) is 11.2 Å². The number of amides is 1. The molecular weight excluding hydrogens is 278 g/mol. The normalized spacial score (nSPS) is 10.1. The van der Waals surface area contributed by atoms with Crippen LogP contribution in [0.1, 0.15) is 18.9 Å². The molecule has 0 heterocycles. The minimum atomic E-state index is -0.0456. The topological polar surface area (TPSA) is 47.6 Å². The summed E-state index contributed by atoms with van der Waals surface area (Å²) in [5, 5.41) is 2.88. The number of carbonyl (C=O) groups excluding carboxylic acids is 1. The molecule has 4 nitrogen and oxygen atoms in total. The van der Waals surface area contributed by atoms with Gasteiger partial charge in [0.15, 0.2) is 0 Å². The van der Waals surface area contributed by atoms with E-state index in [1.165, 1.54) is 0 Å². The molecule has 2 aromatic rings. The van der Waals surface area contributed by atoms with Gasteiger partial charge in [-0.3, -0.25) is 4.79 Å². The molecule has 1 N–H and O–H groups in total. The van der Waals surface area contributed by atoms with Crippen LogP contribution in [0.3, 0.4) is 0 Å². The molecule has 4 heteroatoms. The molecule has 2 rings (SSSR count). The van der Waals surface area contributed by atoms with E-state index in [2.05, 4.69) is 5.32 Å². The van der Waals surface area contributed by atoms with E-state index in [1.54, 1.807) is 7.11 Å². The monoisotopic (exact) mass is 299 g/mol. The highest BCUT2D eigenvalue weighted by molar-refractivity contribution is 5.92. The average Bonchev–Trinajstić information content (AvgIpc) is 2.55. The fourth-order valence-electron chi connectivity index (χ4n) is 2.22.